The lowest BCUT2D eigenvalue weighted by atomic mass is 10.3. The number of nitrogens with zero attached hydrogens (tertiary/aromatic N) is 4. The SMILES string of the molecule is CC(Oc1ccc(Br)cc1Cl)c1noc(C(C)n2cccn2)n1. The Balaban J connectivity index is 1.74. The van der Waals surface area contributed by atoms with E-state index in [-0.39, 0.29) is 6.04 Å². The molecule has 0 aliphatic rings. The van der Waals surface area contributed by atoms with Crippen LogP contribution in [0.15, 0.2) is 45.7 Å². The van der Waals surface area contributed by atoms with Gasteiger partial charge in [0.1, 0.15) is 11.8 Å². The van der Waals surface area contributed by atoms with Crippen molar-refractivity contribution in [2.45, 2.75) is 26.0 Å². The lowest BCUT2D eigenvalue weighted by Crippen LogP contribution is -2.09. The van der Waals surface area contributed by atoms with Crippen LogP contribution in [0.4, 0.5) is 0 Å². The van der Waals surface area contributed by atoms with Gasteiger partial charge in [-0.2, -0.15) is 10.1 Å². The minimum absolute atomic E-state index is 0.144. The summed E-state index contributed by atoms with van der Waals surface area (Å²) in [6.07, 6.45) is 3.15. The number of rotatable bonds is 5. The molecular weight excluding hydrogens is 384 g/mol. The van der Waals surface area contributed by atoms with Crippen molar-refractivity contribution in [1.82, 2.24) is 19.9 Å². The fourth-order valence-corrected chi connectivity index (χ4v) is 2.74. The van der Waals surface area contributed by atoms with Gasteiger partial charge in [0, 0.05) is 16.9 Å². The second-order valence-electron chi connectivity index (χ2n) is 4.99. The highest BCUT2D eigenvalue weighted by atomic mass is 79.9. The molecule has 0 saturated carbocycles. The molecule has 6 nitrogen and oxygen atoms in total. The van der Waals surface area contributed by atoms with Crippen molar-refractivity contribution in [2.75, 3.05) is 0 Å². The Hall–Kier alpha value is -1.86. The molecule has 3 rings (SSSR count). The summed E-state index contributed by atoms with van der Waals surface area (Å²) >= 11 is 9.51. The molecule has 2 atom stereocenters. The van der Waals surface area contributed by atoms with Gasteiger partial charge in [0.2, 0.25) is 5.82 Å². The zero-order valence-electron chi connectivity index (χ0n) is 12.5. The molecule has 0 amide bonds. The van der Waals surface area contributed by atoms with E-state index < -0.39 is 6.10 Å². The summed E-state index contributed by atoms with van der Waals surface area (Å²) in [4.78, 5) is 4.39. The maximum absolute atomic E-state index is 6.15. The third-order valence-corrected chi connectivity index (χ3v) is 4.09. The maximum atomic E-state index is 6.15. The summed E-state index contributed by atoms with van der Waals surface area (Å²) in [6.45, 7) is 3.77. The van der Waals surface area contributed by atoms with Crippen LogP contribution in [0.1, 0.15) is 37.7 Å². The smallest absolute Gasteiger partial charge is 0.251 e. The monoisotopic (exact) mass is 396 g/mol. The first-order chi connectivity index (χ1) is 11.0. The van der Waals surface area contributed by atoms with Gasteiger partial charge < -0.3 is 9.26 Å². The van der Waals surface area contributed by atoms with Gasteiger partial charge in [-0.15, -0.1) is 0 Å². The molecule has 0 N–H and O–H groups in total. The van der Waals surface area contributed by atoms with Gasteiger partial charge in [-0.05, 0) is 38.1 Å². The average Bonchev–Trinajstić information content (AvgIpc) is 3.20. The Morgan fingerprint density at radius 1 is 1.35 bits per heavy atom. The predicted octanol–water partition coefficient (Wildman–Crippen LogP) is 4.43. The van der Waals surface area contributed by atoms with E-state index in [2.05, 4.69) is 31.2 Å². The van der Waals surface area contributed by atoms with Crippen molar-refractivity contribution in [2.24, 2.45) is 0 Å². The summed E-state index contributed by atoms with van der Waals surface area (Å²) < 4.78 is 13.8. The highest BCUT2D eigenvalue weighted by Crippen LogP contribution is 2.31. The third-order valence-electron chi connectivity index (χ3n) is 3.30. The highest BCUT2D eigenvalue weighted by Gasteiger charge is 2.21. The standard InChI is InChI=1S/C15H14BrClN4O2/c1-9(21-7-3-6-18-21)15-19-14(20-23-15)10(2)22-13-5-4-11(16)8-12(13)17/h3-10H,1-2H3. The summed E-state index contributed by atoms with van der Waals surface area (Å²) in [7, 11) is 0. The zero-order chi connectivity index (χ0) is 16.4. The van der Waals surface area contributed by atoms with Crippen LogP contribution in [-0.4, -0.2) is 19.9 Å². The van der Waals surface area contributed by atoms with Gasteiger partial charge in [-0.25, -0.2) is 0 Å². The summed E-state index contributed by atoms with van der Waals surface area (Å²) in [5.41, 5.74) is 0. The number of benzene rings is 1. The number of aromatic nitrogens is 4. The first kappa shape index (κ1) is 16.0. The normalized spacial score (nSPS) is 13.7. The van der Waals surface area contributed by atoms with E-state index in [1.54, 1.807) is 23.0 Å². The van der Waals surface area contributed by atoms with E-state index >= 15 is 0 Å². The largest absolute Gasteiger partial charge is 0.481 e. The van der Waals surface area contributed by atoms with Gasteiger partial charge >= 0.3 is 0 Å². The van der Waals surface area contributed by atoms with Crippen molar-refractivity contribution in [3.63, 3.8) is 0 Å². The van der Waals surface area contributed by atoms with Crippen LogP contribution in [0.5, 0.6) is 5.75 Å². The third kappa shape index (κ3) is 3.56. The second-order valence-corrected chi connectivity index (χ2v) is 6.31. The molecule has 23 heavy (non-hydrogen) atoms. The predicted molar refractivity (Wildman–Crippen MR) is 88.5 cm³/mol. The Morgan fingerprint density at radius 2 is 2.17 bits per heavy atom. The van der Waals surface area contributed by atoms with E-state index in [0.29, 0.717) is 22.5 Å². The molecular formula is C15H14BrClN4O2. The number of hydrogen-bond acceptors (Lipinski definition) is 5. The van der Waals surface area contributed by atoms with E-state index in [1.807, 2.05) is 32.2 Å². The summed E-state index contributed by atoms with van der Waals surface area (Å²) in [5.74, 6) is 1.49. The van der Waals surface area contributed by atoms with Crippen LogP contribution < -0.4 is 4.74 Å². The first-order valence-electron chi connectivity index (χ1n) is 6.99. The summed E-state index contributed by atoms with van der Waals surface area (Å²) in [6, 6.07) is 7.11. The minimum atomic E-state index is -0.393. The van der Waals surface area contributed by atoms with Crippen LogP contribution >= 0.6 is 27.5 Å². The van der Waals surface area contributed by atoms with E-state index in [1.165, 1.54) is 0 Å². The Bertz CT molecular complexity index is 791. The summed E-state index contributed by atoms with van der Waals surface area (Å²) in [5, 5.41) is 8.67. The molecule has 0 fully saturated rings. The van der Waals surface area contributed by atoms with Crippen molar-refractivity contribution in [3.8, 4) is 5.75 Å². The highest BCUT2D eigenvalue weighted by molar-refractivity contribution is 9.10. The molecule has 0 spiro atoms. The Morgan fingerprint density at radius 3 is 2.87 bits per heavy atom. The van der Waals surface area contributed by atoms with Crippen LogP contribution in [0.25, 0.3) is 0 Å². The number of halogens is 2. The lowest BCUT2D eigenvalue weighted by Gasteiger charge is -2.12. The number of hydrogen-bond donors (Lipinski definition) is 0. The van der Waals surface area contributed by atoms with Crippen molar-refractivity contribution < 1.29 is 9.26 Å². The van der Waals surface area contributed by atoms with Crippen molar-refractivity contribution >= 4 is 27.5 Å². The van der Waals surface area contributed by atoms with Crippen LogP contribution in [0.3, 0.4) is 0 Å². The topological polar surface area (TPSA) is 66.0 Å². The average molecular weight is 398 g/mol. The van der Waals surface area contributed by atoms with E-state index in [0.717, 1.165) is 4.47 Å². The molecule has 1 aromatic carbocycles. The zero-order valence-corrected chi connectivity index (χ0v) is 14.8. The molecule has 0 bridgehead atoms. The molecule has 2 unspecified atom stereocenters. The fourth-order valence-electron chi connectivity index (χ4n) is 2.02. The lowest BCUT2D eigenvalue weighted by molar-refractivity contribution is 0.210. The molecule has 8 heteroatoms. The molecule has 0 aliphatic heterocycles. The van der Waals surface area contributed by atoms with Gasteiger partial charge in [0.25, 0.3) is 5.89 Å². The molecule has 3 aromatic rings. The maximum Gasteiger partial charge on any atom is 0.251 e. The molecule has 2 heterocycles. The molecule has 2 aromatic heterocycles. The van der Waals surface area contributed by atoms with Crippen LogP contribution in [0, 0.1) is 0 Å². The quantitative estimate of drug-likeness (QED) is 0.637. The van der Waals surface area contributed by atoms with Gasteiger partial charge in [0.05, 0.1) is 5.02 Å². The Labute approximate surface area is 146 Å². The Kier molecular flexibility index (Phi) is 4.68. The van der Waals surface area contributed by atoms with Gasteiger partial charge in [-0.1, -0.05) is 32.7 Å². The molecule has 0 aliphatic carbocycles. The molecule has 0 saturated heterocycles. The van der Waals surface area contributed by atoms with E-state index in [9.17, 15) is 0 Å². The van der Waals surface area contributed by atoms with Gasteiger partial charge in [-0.3, -0.25) is 4.68 Å². The number of ether oxygens (including phenoxy) is 1. The first-order valence-corrected chi connectivity index (χ1v) is 8.16. The van der Waals surface area contributed by atoms with Gasteiger partial charge in [0.15, 0.2) is 6.10 Å². The van der Waals surface area contributed by atoms with Crippen molar-refractivity contribution in [1.29, 1.82) is 0 Å². The van der Waals surface area contributed by atoms with Crippen molar-refractivity contribution in [3.05, 3.63) is 57.9 Å². The van der Waals surface area contributed by atoms with Crippen LogP contribution in [-0.2, 0) is 0 Å². The minimum Gasteiger partial charge on any atom is -0.481 e. The molecule has 0 radical (unpaired) electrons. The second kappa shape index (κ2) is 6.72. The fraction of sp³-hybridized carbons (Fsp3) is 0.267. The van der Waals surface area contributed by atoms with Crippen LogP contribution in [0.2, 0.25) is 5.02 Å². The molecule has 120 valence electrons. The van der Waals surface area contributed by atoms with E-state index in [4.69, 9.17) is 20.9 Å².